The quantitative estimate of drug-likeness (QED) is 0.870. The van der Waals surface area contributed by atoms with Crippen molar-refractivity contribution in [3.63, 3.8) is 0 Å². The normalized spacial score (nSPS) is 36.0. The van der Waals surface area contributed by atoms with E-state index in [1.165, 1.54) is 38.5 Å². The number of amides is 2. The highest BCUT2D eigenvalue weighted by atomic mass is 16.2. The fourth-order valence-electron chi connectivity index (χ4n) is 6.97. The summed E-state index contributed by atoms with van der Waals surface area (Å²) in [5.74, 6) is 2.86. The Balaban J connectivity index is 1.16. The number of nitrogens with zero attached hydrogens (tertiary/aromatic N) is 2. The third-order valence-corrected chi connectivity index (χ3v) is 7.70. The molecule has 1 aliphatic heterocycles. The molecule has 4 saturated carbocycles. The third kappa shape index (κ3) is 3.44. The predicted octanol–water partition coefficient (Wildman–Crippen LogP) is 3.33. The Morgan fingerprint density at radius 3 is 2.43 bits per heavy atom. The number of aryl methyl sites for hydroxylation is 1. The minimum atomic E-state index is 0.0188. The molecule has 0 spiro atoms. The van der Waals surface area contributed by atoms with Gasteiger partial charge in [-0.1, -0.05) is 0 Å². The van der Waals surface area contributed by atoms with Crippen LogP contribution in [0.5, 0.6) is 0 Å². The van der Waals surface area contributed by atoms with Crippen LogP contribution in [0, 0.1) is 30.1 Å². The maximum atomic E-state index is 12.8. The van der Waals surface area contributed by atoms with E-state index in [0.717, 1.165) is 29.9 Å². The van der Waals surface area contributed by atoms with Crippen molar-refractivity contribution >= 4 is 11.8 Å². The van der Waals surface area contributed by atoms with E-state index in [2.05, 4.69) is 10.3 Å². The van der Waals surface area contributed by atoms with Crippen LogP contribution < -0.4 is 5.32 Å². The van der Waals surface area contributed by atoms with Gasteiger partial charge in [0, 0.05) is 37.4 Å². The van der Waals surface area contributed by atoms with Gasteiger partial charge in [-0.15, -0.1) is 0 Å². The number of rotatable bonds is 4. The lowest BCUT2D eigenvalue weighted by atomic mass is 9.49. The van der Waals surface area contributed by atoms with E-state index in [4.69, 9.17) is 0 Å². The Morgan fingerprint density at radius 2 is 1.82 bits per heavy atom. The Kier molecular flexibility index (Phi) is 4.44. The Hall–Kier alpha value is -1.91. The molecule has 28 heavy (non-hydrogen) atoms. The molecule has 1 N–H and O–H groups in total. The van der Waals surface area contributed by atoms with Gasteiger partial charge < -0.3 is 10.2 Å². The van der Waals surface area contributed by atoms with Crippen LogP contribution in [0.4, 0.5) is 0 Å². The van der Waals surface area contributed by atoms with E-state index in [1.807, 2.05) is 24.0 Å². The molecule has 2 amide bonds. The number of carbonyl (C=O) groups is 2. The third-order valence-electron chi connectivity index (χ3n) is 7.70. The Bertz CT molecular complexity index is 737. The van der Waals surface area contributed by atoms with Gasteiger partial charge >= 0.3 is 0 Å². The second-order valence-electron chi connectivity index (χ2n) is 10.1. The van der Waals surface area contributed by atoms with Crippen molar-refractivity contribution in [3.8, 4) is 0 Å². The minimum Gasteiger partial charge on any atom is -0.352 e. The van der Waals surface area contributed by atoms with Crippen LogP contribution in [0.1, 0.15) is 67.4 Å². The van der Waals surface area contributed by atoms with E-state index in [0.29, 0.717) is 25.1 Å². The van der Waals surface area contributed by atoms with Crippen molar-refractivity contribution in [1.82, 2.24) is 15.2 Å². The van der Waals surface area contributed by atoms with Crippen LogP contribution >= 0.6 is 0 Å². The van der Waals surface area contributed by atoms with Gasteiger partial charge in [-0.2, -0.15) is 0 Å². The Morgan fingerprint density at radius 1 is 1.14 bits per heavy atom. The number of pyridine rings is 1. The zero-order valence-corrected chi connectivity index (χ0v) is 16.8. The average molecular weight is 382 g/mol. The molecule has 1 saturated heterocycles. The number of hydrogen-bond donors (Lipinski definition) is 1. The molecule has 150 valence electrons. The van der Waals surface area contributed by atoms with Gasteiger partial charge in [0.05, 0.1) is 5.56 Å². The molecule has 0 unspecified atom stereocenters. The van der Waals surface area contributed by atoms with E-state index >= 15 is 0 Å². The zero-order valence-electron chi connectivity index (χ0n) is 16.8. The van der Waals surface area contributed by atoms with Gasteiger partial charge in [0.1, 0.15) is 0 Å². The second kappa shape index (κ2) is 6.85. The first-order chi connectivity index (χ1) is 13.5. The average Bonchev–Trinajstić information content (AvgIpc) is 3.08. The number of nitrogens with one attached hydrogen (secondary N) is 1. The molecule has 4 aliphatic carbocycles. The van der Waals surface area contributed by atoms with Crippen molar-refractivity contribution in [2.75, 3.05) is 13.1 Å². The maximum Gasteiger partial charge on any atom is 0.255 e. The molecule has 6 rings (SSSR count). The number of likely N-dealkylation sites (tertiary alicyclic amines) is 1. The molecule has 0 radical (unpaired) electrons. The highest BCUT2D eigenvalue weighted by Gasteiger charge is 2.51. The molecule has 0 aromatic carbocycles. The fourth-order valence-corrected chi connectivity index (χ4v) is 6.97. The van der Waals surface area contributed by atoms with Crippen LogP contribution in [0.2, 0.25) is 0 Å². The summed E-state index contributed by atoms with van der Waals surface area (Å²) in [5, 5.41) is 3.25. The van der Waals surface area contributed by atoms with Crippen molar-refractivity contribution in [1.29, 1.82) is 0 Å². The molecule has 1 aromatic rings. The number of carbonyl (C=O) groups excluding carboxylic acids is 2. The van der Waals surface area contributed by atoms with E-state index in [9.17, 15) is 9.59 Å². The van der Waals surface area contributed by atoms with Crippen LogP contribution in [-0.2, 0) is 4.79 Å². The molecule has 1 atom stereocenters. The van der Waals surface area contributed by atoms with Gasteiger partial charge in [0.2, 0.25) is 5.91 Å². The van der Waals surface area contributed by atoms with E-state index in [1.54, 1.807) is 6.20 Å². The van der Waals surface area contributed by atoms with Crippen LogP contribution in [0.15, 0.2) is 18.3 Å². The predicted molar refractivity (Wildman–Crippen MR) is 107 cm³/mol. The standard InChI is InChI=1S/C23H31N3O2/c1-15-2-3-19(13-24-15)22(28)26-5-4-20(14-26)25-21(27)12-23-9-16-6-17(10-23)8-18(7-16)11-23/h2-3,13,16-18,20H,4-12,14H2,1H3,(H,25,27)/t16?,17?,18?,20-,23?/m1/s1. The molecular formula is C23H31N3O2. The Labute approximate surface area is 167 Å². The van der Waals surface area contributed by atoms with E-state index < -0.39 is 0 Å². The van der Waals surface area contributed by atoms with Crippen LogP contribution in [0.25, 0.3) is 0 Å². The van der Waals surface area contributed by atoms with Crippen molar-refractivity contribution in [2.45, 2.75) is 64.3 Å². The SMILES string of the molecule is Cc1ccc(C(=O)N2CC[C@@H](NC(=O)CC34CC5CC(CC(C5)C3)C4)C2)cn1. The van der Waals surface area contributed by atoms with Crippen LogP contribution in [0.3, 0.4) is 0 Å². The zero-order chi connectivity index (χ0) is 19.3. The summed E-state index contributed by atoms with van der Waals surface area (Å²) in [6.45, 7) is 3.23. The molecule has 5 heteroatoms. The highest BCUT2D eigenvalue weighted by molar-refractivity contribution is 5.94. The fraction of sp³-hybridized carbons (Fsp3) is 0.696. The molecule has 5 fully saturated rings. The number of aromatic nitrogens is 1. The second-order valence-corrected chi connectivity index (χ2v) is 10.1. The topological polar surface area (TPSA) is 62.3 Å². The monoisotopic (exact) mass is 381 g/mol. The summed E-state index contributed by atoms with van der Waals surface area (Å²) in [5.41, 5.74) is 1.82. The smallest absolute Gasteiger partial charge is 0.255 e. The summed E-state index contributed by atoms with van der Waals surface area (Å²) in [6.07, 6.45) is 11.2. The van der Waals surface area contributed by atoms with Crippen molar-refractivity contribution in [3.05, 3.63) is 29.6 Å². The summed E-state index contributed by atoms with van der Waals surface area (Å²) in [7, 11) is 0. The molecule has 2 heterocycles. The molecule has 1 aromatic heterocycles. The summed E-state index contributed by atoms with van der Waals surface area (Å²) < 4.78 is 0. The summed E-state index contributed by atoms with van der Waals surface area (Å²) >= 11 is 0. The number of hydrogen-bond acceptors (Lipinski definition) is 3. The van der Waals surface area contributed by atoms with Gasteiger partial charge in [-0.3, -0.25) is 14.6 Å². The lowest BCUT2D eigenvalue weighted by molar-refractivity contribution is -0.130. The maximum absolute atomic E-state index is 12.8. The summed E-state index contributed by atoms with van der Waals surface area (Å²) in [6, 6.07) is 3.79. The van der Waals surface area contributed by atoms with Crippen molar-refractivity contribution in [2.24, 2.45) is 23.2 Å². The molecule has 5 nitrogen and oxygen atoms in total. The largest absolute Gasteiger partial charge is 0.352 e. The van der Waals surface area contributed by atoms with Gasteiger partial charge in [-0.05, 0) is 87.2 Å². The lowest BCUT2D eigenvalue weighted by Gasteiger charge is -2.56. The van der Waals surface area contributed by atoms with Crippen molar-refractivity contribution < 1.29 is 9.59 Å². The highest BCUT2D eigenvalue weighted by Crippen LogP contribution is 2.61. The molecule has 4 bridgehead atoms. The first kappa shape index (κ1) is 18.1. The van der Waals surface area contributed by atoms with Gasteiger partial charge in [0.25, 0.3) is 5.91 Å². The first-order valence-electron chi connectivity index (χ1n) is 11.0. The van der Waals surface area contributed by atoms with Crippen LogP contribution in [-0.4, -0.2) is 40.8 Å². The minimum absolute atomic E-state index is 0.0188. The molecule has 5 aliphatic rings. The summed E-state index contributed by atoms with van der Waals surface area (Å²) in [4.78, 5) is 31.6. The first-order valence-corrected chi connectivity index (χ1v) is 11.0. The van der Waals surface area contributed by atoms with E-state index in [-0.39, 0.29) is 23.3 Å². The van der Waals surface area contributed by atoms with Gasteiger partial charge in [-0.25, -0.2) is 0 Å². The molecular weight excluding hydrogens is 350 g/mol. The van der Waals surface area contributed by atoms with Gasteiger partial charge in [0.15, 0.2) is 0 Å². The lowest BCUT2D eigenvalue weighted by Crippen LogP contribution is -2.49.